The minimum Gasteiger partial charge on any atom is -0.748 e. The molecule has 3 rings (SSSR count). The van der Waals surface area contributed by atoms with Crippen LogP contribution >= 0.6 is 0 Å². The number of rotatable bonds is 5. The van der Waals surface area contributed by atoms with Gasteiger partial charge in [0.05, 0.1) is 27.0 Å². The Morgan fingerprint density at radius 3 is 2.43 bits per heavy atom. The quantitative estimate of drug-likeness (QED) is 0.266. The number of fused-ring (bicyclic) bond motifs is 1. The molecule has 0 aliphatic heterocycles. The van der Waals surface area contributed by atoms with Crippen molar-refractivity contribution >= 4 is 38.9 Å². The van der Waals surface area contributed by atoms with E-state index in [1.165, 1.54) is 6.07 Å². The summed E-state index contributed by atoms with van der Waals surface area (Å²) in [4.78, 5) is 10.5. The van der Waals surface area contributed by atoms with Crippen LogP contribution in [0.5, 0.6) is 5.75 Å². The van der Waals surface area contributed by atoms with Crippen LogP contribution in [0, 0.1) is 10.1 Å². The zero-order valence-corrected chi connectivity index (χ0v) is 17.6. The molecule has 0 saturated carbocycles. The molecular formula is C21H22N2O6S. The Morgan fingerprint density at radius 2 is 1.80 bits per heavy atom. The summed E-state index contributed by atoms with van der Waals surface area (Å²) < 4.78 is 34.9. The Balaban J connectivity index is 0.000000575. The zero-order valence-electron chi connectivity index (χ0n) is 16.8. The highest BCUT2D eigenvalue weighted by molar-refractivity contribution is 7.84. The van der Waals surface area contributed by atoms with E-state index in [-0.39, 0.29) is 10.6 Å². The van der Waals surface area contributed by atoms with Crippen molar-refractivity contribution in [2.75, 3.05) is 12.9 Å². The van der Waals surface area contributed by atoms with Gasteiger partial charge in [0.15, 0.2) is 0 Å². The van der Waals surface area contributed by atoms with Crippen molar-refractivity contribution < 1.29 is 27.2 Å². The van der Waals surface area contributed by atoms with Crippen molar-refractivity contribution in [2.45, 2.75) is 6.92 Å². The third-order valence-corrected chi connectivity index (χ3v) is 4.02. The van der Waals surface area contributed by atoms with Crippen molar-refractivity contribution in [3.05, 3.63) is 76.0 Å². The largest absolute Gasteiger partial charge is 0.748 e. The molecule has 2 aromatic carbocycles. The normalized spacial score (nSPS) is 11.2. The van der Waals surface area contributed by atoms with Gasteiger partial charge in [-0.2, -0.15) is 4.57 Å². The van der Waals surface area contributed by atoms with Crippen molar-refractivity contribution in [2.24, 2.45) is 7.05 Å². The number of non-ortho nitro benzene ring substituents is 1. The molecule has 9 heteroatoms. The molecule has 158 valence electrons. The lowest BCUT2D eigenvalue weighted by atomic mass is 10.1. The average Bonchev–Trinajstić information content (AvgIpc) is 2.67. The molecule has 0 aliphatic carbocycles. The summed E-state index contributed by atoms with van der Waals surface area (Å²) in [6, 6.07) is 16.7. The maximum atomic E-state index is 10.9. The lowest BCUT2D eigenvalue weighted by Gasteiger charge is -2.04. The Morgan fingerprint density at radius 1 is 1.10 bits per heavy atom. The highest BCUT2D eigenvalue weighted by Gasteiger charge is 2.10. The van der Waals surface area contributed by atoms with Crippen LogP contribution in [-0.2, 0) is 17.2 Å². The first-order chi connectivity index (χ1) is 14.1. The first kappa shape index (κ1) is 23.0. The maximum Gasteiger partial charge on any atom is 0.270 e. The van der Waals surface area contributed by atoms with Crippen LogP contribution in [0.15, 0.2) is 54.6 Å². The summed E-state index contributed by atoms with van der Waals surface area (Å²) >= 11 is 0. The molecule has 0 N–H and O–H groups in total. The summed E-state index contributed by atoms with van der Waals surface area (Å²) in [7, 11) is -1.92. The van der Waals surface area contributed by atoms with Gasteiger partial charge in [-0.1, -0.05) is 12.1 Å². The molecule has 0 bridgehead atoms. The molecule has 1 aromatic heterocycles. The van der Waals surface area contributed by atoms with E-state index in [1.54, 1.807) is 12.1 Å². The van der Waals surface area contributed by atoms with Crippen molar-refractivity contribution in [1.82, 2.24) is 0 Å². The Labute approximate surface area is 175 Å². The highest BCUT2D eigenvalue weighted by atomic mass is 32.2. The molecular weight excluding hydrogens is 408 g/mol. The lowest BCUT2D eigenvalue weighted by molar-refractivity contribution is -0.646. The van der Waals surface area contributed by atoms with Gasteiger partial charge in [-0.3, -0.25) is 10.1 Å². The van der Waals surface area contributed by atoms with E-state index in [4.69, 9.17) is 17.7 Å². The van der Waals surface area contributed by atoms with E-state index in [9.17, 15) is 10.1 Å². The van der Waals surface area contributed by atoms with Crippen LogP contribution in [0.2, 0.25) is 0 Å². The second-order valence-corrected chi connectivity index (χ2v) is 7.77. The molecule has 0 radical (unpaired) electrons. The molecule has 3 aromatic rings. The molecule has 0 atom stereocenters. The SMILES string of the molecule is CCOc1ccc2c(ccc(/C=C/c3cccc([N+](=O)[O-])c3)[n+]2C)c1.CS(=O)(=O)[O-]. The monoisotopic (exact) mass is 430 g/mol. The fourth-order valence-electron chi connectivity index (χ4n) is 2.75. The summed E-state index contributed by atoms with van der Waals surface area (Å²) in [5, 5.41) is 12.0. The number of hydrogen-bond acceptors (Lipinski definition) is 6. The number of benzene rings is 2. The Kier molecular flexibility index (Phi) is 7.62. The molecule has 0 saturated heterocycles. The van der Waals surface area contributed by atoms with Crippen LogP contribution in [-0.4, -0.2) is 30.8 Å². The zero-order chi connectivity index (χ0) is 22.3. The second-order valence-electron chi connectivity index (χ2n) is 6.36. The van der Waals surface area contributed by atoms with Crippen molar-refractivity contribution in [1.29, 1.82) is 0 Å². The molecule has 0 aliphatic rings. The van der Waals surface area contributed by atoms with Gasteiger partial charge >= 0.3 is 0 Å². The van der Waals surface area contributed by atoms with Crippen LogP contribution in [0.3, 0.4) is 0 Å². The fraction of sp³-hybridized carbons (Fsp3) is 0.190. The number of nitrogens with zero attached hydrogens (tertiary/aromatic N) is 2. The van der Waals surface area contributed by atoms with Crippen LogP contribution in [0.1, 0.15) is 18.2 Å². The lowest BCUT2D eigenvalue weighted by Crippen LogP contribution is -2.32. The van der Waals surface area contributed by atoms with E-state index in [0.717, 1.165) is 27.9 Å². The van der Waals surface area contributed by atoms with E-state index < -0.39 is 10.1 Å². The molecule has 0 spiro atoms. The first-order valence-electron chi connectivity index (χ1n) is 8.97. The number of pyridine rings is 1. The summed E-state index contributed by atoms with van der Waals surface area (Å²) in [5.74, 6) is 0.856. The van der Waals surface area contributed by atoms with Crippen LogP contribution in [0.4, 0.5) is 5.69 Å². The van der Waals surface area contributed by atoms with Crippen molar-refractivity contribution in [3.8, 4) is 5.75 Å². The molecule has 8 nitrogen and oxygen atoms in total. The predicted molar refractivity (Wildman–Crippen MR) is 114 cm³/mol. The van der Waals surface area contributed by atoms with Crippen LogP contribution in [0.25, 0.3) is 23.1 Å². The number of nitro groups is 1. The van der Waals surface area contributed by atoms with Crippen LogP contribution < -0.4 is 9.30 Å². The molecule has 0 fully saturated rings. The minimum absolute atomic E-state index is 0.0912. The van der Waals surface area contributed by atoms with E-state index in [1.807, 2.05) is 62.5 Å². The second kappa shape index (κ2) is 9.95. The number of nitro benzene ring substituents is 1. The summed E-state index contributed by atoms with van der Waals surface area (Å²) in [6.07, 6.45) is 4.44. The van der Waals surface area contributed by atoms with Gasteiger partial charge in [-0.25, -0.2) is 8.42 Å². The third kappa shape index (κ3) is 6.94. The number of aromatic nitrogens is 1. The molecule has 30 heavy (non-hydrogen) atoms. The maximum absolute atomic E-state index is 10.9. The standard InChI is InChI=1S/C20H19N2O3.CH4O3S/c1-3-25-19-11-12-20-16(14-19)8-10-17(21(20)2)9-7-15-5-4-6-18(13-15)22(23)24;1-5(2,3)4/h4-14H,3H2,1-2H3;1H3,(H,2,3,4)/q+1;/p-1/b9-7+;. The highest BCUT2D eigenvalue weighted by Crippen LogP contribution is 2.20. The van der Waals surface area contributed by atoms with Gasteiger partial charge < -0.3 is 9.29 Å². The van der Waals surface area contributed by atoms with Gasteiger partial charge in [0, 0.05) is 36.6 Å². The predicted octanol–water partition coefficient (Wildman–Crippen LogP) is 3.30. The topological polar surface area (TPSA) is 113 Å². The van der Waals surface area contributed by atoms with E-state index in [2.05, 4.69) is 4.57 Å². The van der Waals surface area contributed by atoms with Gasteiger partial charge in [0.25, 0.3) is 5.69 Å². The number of aryl methyl sites for hydroxylation is 1. The first-order valence-corrected chi connectivity index (χ1v) is 10.8. The Hall–Kier alpha value is -3.30. The summed E-state index contributed by atoms with van der Waals surface area (Å²) in [6.45, 7) is 2.60. The fourth-order valence-corrected chi connectivity index (χ4v) is 2.75. The minimum atomic E-state index is -3.92. The van der Waals surface area contributed by atoms with Gasteiger partial charge in [-0.15, -0.1) is 0 Å². The molecule has 0 unspecified atom stereocenters. The van der Waals surface area contributed by atoms with E-state index in [0.29, 0.717) is 12.9 Å². The molecule has 0 amide bonds. The average molecular weight is 430 g/mol. The number of hydrogen-bond donors (Lipinski definition) is 0. The van der Waals surface area contributed by atoms with Crippen molar-refractivity contribution in [3.63, 3.8) is 0 Å². The summed E-state index contributed by atoms with van der Waals surface area (Å²) in [5.41, 5.74) is 2.97. The van der Waals surface area contributed by atoms with Gasteiger partial charge in [0.1, 0.15) is 12.8 Å². The van der Waals surface area contributed by atoms with Gasteiger partial charge in [0.2, 0.25) is 11.2 Å². The Bertz CT molecular complexity index is 1180. The number of ether oxygens (including phenoxy) is 1. The molecule has 1 heterocycles. The third-order valence-electron chi connectivity index (χ3n) is 4.02. The smallest absolute Gasteiger partial charge is 0.270 e. The van der Waals surface area contributed by atoms with E-state index >= 15 is 0 Å². The van der Waals surface area contributed by atoms with Gasteiger partial charge in [-0.05, 0) is 36.8 Å².